The second-order valence-corrected chi connectivity index (χ2v) is 4.06. The van der Waals surface area contributed by atoms with E-state index in [1.807, 2.05) is 36.1 Å². The zero-order valence-electron chi connectivity index (χ0n) is 9.70. The molecule has 1 heterocycles. The first-order valence-electron chi connectivity index (χ1n) is 4.95. The summed E-state index contributed by atoms with van der Waals surface area (Å²) in [4.78, 5) is 0. The Balaban J connectivity index is 0.000000317. The van der Waals surface area contributed by atoms with Gasteiger partial charge in [0.15, 0.2) is 10.9 Å². The normalized spacial score (nSPS) is 9.88. The molecule has 0 aliphatic rings. The van der Waals surface area contributed by atoms with Crippen molar-refractivity contribution in [1.82, 2.24) is 9.78 Å². The summed E-state index contributed by atoms with van der Waals surface area (Å²) < 4.78 is 19.5. The van der Waals surface area contributed by atoms with Crippen LogP contribution in [0.5, 0.6) is 0 Å². The van der Waals surface area contributed by atoms with E-state index in [2.05, 4.69) is 29.3 Å². The van der Waals surface area contributed by atoms with E-state index in [1.165, 1.54) is 11.1 Å². The Kier molecular flexibility index (Phi) is 4.86. The first-order valence-corrected chi connectivity index (χ1v) is 6.20. The average molecular weight is 253 g/mol. The fourth-order valence-electron chi connectivity index (χ4n) is 1.49. The van der Waals surface area contributed by atoms with E-state index in [9.17, 15) is 0 Å². The third-order valence-electron chi connectivity index (χ3n) is 2.06. The molecule has 2 rings (SSSR count). The molecule has 2 aromatic rings. The zero-order chi connectivity index (χ0) is 12.8. The molecule has 0 spiro atoms. The maximum atomic E-state index is 8.81. The van der Waals surface area contributed by atoms with Crippen molar-refractivity contribution in [3.8, 4) is 11.3 Å². The van der Waals surface area contributed by atoms with Gasteiger partial charge in [0.25, 0.3) is 0 Å². The summed E-state index contributed by atoms with van der Waals surface area (Å²) in [5, 5.41) is 8.46. The summed E-state index contributed by atoms with van der Waals surface area (Å²) in [5.74, 6) is 0. The van der Waals surface area contributed by atoms with Crippen molar-refractivity contribution < 1.29 is 8.42 Å². The molecule has 0 aliphatic carbocycles. The maximum absolute atomic E-state index is 8.81. The third-order valence-corrected chi connectivity index (χ3v) is 2.06. The van der Waals surface area contributed by atoms with Crippen molar-refractivity contribution in [2.45, 2.75) is 6.92 Å². The molecule has 1 aromatic heterocycles. The van der Waals surface area contributed by atoms with Crippen LogP contribution in [-0.4, -0.2) is 18.2 Å². The number of nitrogens with two attached hydrogens (primary N) is 1. The molecule has 1 aromatic carbocycles. The molecule has 6 heteroatoms. The minimum atomic E-state index is -2.62. The van der Waals surface area contributed by atoms with Crippen molar-refractivity contribution in [3.63, 3.8) is 0 Å². The Morgan fingerprint density at radius 3 is 2.18 bits per heavy atom. The smallest absolute Gasteiger partial charge is 0.198 e. The number of aryl methyl sites for hydroxylation is 2. The molecule has 0 radical (unpaired) electrons. The number of hydrogen-bond donors (Lipinski definition) is 2. The Bertz CT molecular complexity index is 539. The highest BCUT2D eigenvalue weighted by atomic mass is 32.2. The molecule has 17 heavy (non-hydrogen) atoms. The van der Waals surface area contributed by atoms with Crippen LogP contribution in [0.4, 0.5) is 0 Å². The molecule has 5 nitrogen and oxygen atoms in total. The quantitative estimate of drug-likeness (QED) is 0.740. The summed E-state index contributed by atoms with van der Waals surface area (Å²) in [6.45, 7) is 2.08. The second kappa shape index (κ2) is 6.17. The van der Waals surface area contributed by atoms with Crippen LogP contribution in [0.1, 0.15) is 5.56 Å². The highest BCUT2D eigenvalue weighted by Crippen LogP contribution is 2.19. The van der Waals surface area contributed by atoms with Gasteiger partial charge in [-0.1, -0.05) is 30.3 Å². The molecule has 0 unspecified atom stereocenters. The molecule has 0 saturated carbocycles. The van der Waals surface area contributed by atoms with Crippen LogP contribution in [-0.2, 0) is 17.9 Å². The van der Waals surface area contributed by atoms with Gasteiger partial charge in [-0.2, -0.15) is 5.10 Å². The van der Waals surface area contributed by atoms with Crippen LogP contribution in [0.25, 0.3) is 11.3 Å². The molecule has 0 amide bonds. The summed E-state index contributed by atoms with van der Waals surface area (Å²) in [6.07, 6.45) is 2.03. The van der Waals surface area contributed by atoms with Crippen LogP contribution >= 0.6 is 0 Å². The van der Waals surface area contributed by atoms with Gasteiger partial charge in [0.05, 0.1) is 5.69 Å². The predicted octanol–water partition coefficient (Wildman–Crippen LogP) is 0.867. The van der Waals surface area contributed by atoms with Crippen molar-refractivity contribution in [3.05, 3.63) is 42.1 Å². The number of nitrogens with zero attached hydrogens (tertiary/aromatic N) is 2. The van der Waals surface area contributed by atoms with E-state index in [-0.39, 0.29) is 0 Å². The van der Waals surface area contributed by atoms with Gasteiger partial charge in [-0.15, -0.1) is 0 Å². The van der Waals surface area contributed by atoms with E-state index >= 15 is 0 Å². The highest BCUT2D eigenvalue weighted by Gasteiger charge is 2.04. The standard InChI is InChI=1S/C11H12N2.H3NO2S/c1-9-8-13(2)12-11(9)10-6-4-3-5-7-10;1-4(2)3/h3-8H,1-2H3;4H,(H2,1,2,3). The molecule has 0 bridgehead atoms. The van der Waals surface area contributed by atoms with Crippen LogP contribution in [0.3, 0.4) is 0 Å². The number of thiol groups is 1. The number of hydrogen-bond acceptors (Lipinski definition) is 3. The van der Waals surface area contributed by atoms with Crippen LogP contribution in [0.15, 0.2) is 36.5 Å². The van der Waals surface area contributed by atoms with Crippen LogP contribution < -0.4 is 5.14 Å². The van der Waals surface area contributed by atoms with E-state index in [0.717, 1.165) is 5.69 Å². The topological polar surface area (TPSA) is 78.0 Å². The first-order chi connectivity index (χ1) is 8.00. The van der Waals surface area contributed by atoms with Gasteiger partial charge in [-0.3, -0.25) is 4.68 Å². The molecule has 92 valence electrons. The van der Waals surface area contributed by atoms with E-state index in [0.29, 0.717) is 0 Å². The molecule has 0 aliphatic heterocycles. The van der Waals surface area contributed by atoms with Crippen molar-refractivity contribution in [2.24, 2.45) is 12.2 Å². The Hall–Kier alpha value is -1.66. The van der Waals surface area contributed by atoms with Gasteiger partial charge in [-0.25, -0.2) is 13.6 Å². The fraction of sp³-hybridized carbons (Fsp3) is 0.182. The minimum absolute atomic E-state index is 1.07. The van der Waals surface area contributed by atoms with Gasteiger partial charge in [0.1, 0.15) is 0 Å². The molecular weight excluding hydrogens is 238 g/mol. The van der Waals surface area contributed by atoms with E-state index < -0.39 is 10.9 Å². The molecule has 0 saturated heterocycles. The first kappa shape index (κ1) is 13.4. The Morgan fingerprint density at radius 2 is 1.76 bits per heavy atom. The number of benzene rings is 1. The molecule has 2 N–H and O–H groups in total. The Labute approximate surface area is 102 Å². The van der Waals surface area contributed by atoms with Crippen molar-refractivity contribution in [1.29, 1.82) is 0 Å². The lowest BCUT2D eigenvalue weighted by molar-refractivity contribution is 0.616. The summed E-state index contributed by atoms with van der Waals surface area (Å²) in [7, 11) is -0.676. The highest BCUT2D eigenvalue weighted by molar-refractivity contribution is 7.69. The average Bonchev–Trinajstić information content (AvgIpc) is 2.58. The lowest BCUT2D eigenvalue weighted by Crippen LogP contribution is -1.87. The summed E-state index contributed by atoms with van der Waals surface area (Å²) in [6, 6.07) is 10.2. The van der Waals surface area contributed by atoms with Gasteiger partial charge in [-0.05, 0) is 12.5 Å². The van der Waals surface area contributed by atoms with Gasteiger partial charge in [0.2, 0.25) is 0 Å². The molecule has 0 atom stereocenters. The fourth-order valence-corrected chi connectivity index (χ4v) is 1.49. The number of rotatable bonds is 1. The van der Waals surface area contributed by atoms with E-state index in [4.69, 9.17) is 8.42 Å². The predicted molar refractivity (Wildman–Crippen MR) is 67.9 cm³/mol. The number of aromatic nitrogens is 2. The second-order valence-electron chi connectivity index (χ2n) is 3.49. The molecule has 0 fully saturated rings. The zero-order valence-corrected chi connectivity index (χ0v) is 10.6. The maximum Gasteiger partial charge on any atom is 0.198 e. The SMILES string of the molecule is Cc1cn(C)nc1-c1ccccc1.N[SH](=O)=O. The third kappa shape index (κ3) is 4.38. The van der Waals surface area contributed by atoms with E-state index in [1.54, 1.807) is 0 Å². The van der Waals surface area contributed by atoms with Crippen LogP contribution in [0, 0.1) is 6.92 Å². The van der Waals surface area contributed by atoms with Crippen molar-refractivity contribution in [2.75, 3.05) is 0 Å². The summed E-state index contributed by atoms with van der Waals surface area (Å²) in [5.41, 5.74) is 3.47. The lowest BCUT2D eigenvalue weighted by Gasteiger charge is -1.96. The largest absolute Gasteiger partial charge is 0.275 e. The van der Waals surface area contributed by atoms with Gasteiger partial charge in [0, 0.05) is 18.8 Å². The monoisotopic (exact) mass is 253 g/mol. The lowest BCUT2D eigenvalue weighted by atomic mass is 10.1. The van der Waals surface area contributed by atoms with Gasteiger partial charge >= 0.3 is 0 Å². The molecular formula is C11H15N3O2S. The minimum Gasteiger partial charge on any atom is -0.275 e. The van der Waals surface area contributed by atoms with Crippen LogP contribution in [0.2, 0.25) is 0 Å². The van der Waals surface area contributed by atoms with Crippen molar-refractivity contribution >= 4 is 10.9 Å². The van der Waals surface area contributed by atoms with Gasteiger partial charge < -0.3 is 0 Å². The summed E-state index contributed by atoms with van der Waals surface area (Å²) >= 11 is 0. The Morgan fingerprint density at radius 1 is 1.24 bits per heavy atom.